The number of aromatic nitrogens is 2. The fourth-order valence-electron chi connectivity index (χ4n) is 5.68. The van der Waals surface area contributed by atoms with Gasteiger partial charge in [-0.05, 0) is 87.2 Å². The van der Waals surface area contributed by atoms with E-state index in [1.807, 2.05) is 36.1 Å². The Morgan fingerprint density at radius 3 is 2.44 bits per heavy atom. The number of fused-ring (bicyclic) bond motifs is 1. The fraction of sp³-hybridized carbons (Fsp3) is 0.333. The van der Waals surface area contributed by atoms with E-state index in [1.54, 1.807) is 48.8 Å². The van der Waals surface area contributed by atoms with E-state index in [4.69, 9.17) is 0 Å². The molecule has 0 atom stereocenters. The third kappa shape index (κ3) is 6.11. The normalized spacial score (nSPS) is 15.2. The van der Waals surface area contributed by atoms with Gasteiger partial charge in [0.15, 0.2) is 5.82 Å². The van der Waals surface area contributed by atoms with Gasteiger partial charge in [0.1, 0.15) is 0 Å². The topological polar surface area (TPSA) is 99.6 Å². The summed E-state index contributed by atoms with van der Waals surface area (Å²) in [7, 11) is 3.75. The molecule has 2 aliphatic rings. The highest BCUT2D eigenvalue weighted by atomic mass is 32.1. The zero-order valence-electron chi connectivity index (χ0n) is 24.8. The van der Waals surface area contributed by atoms with Crippen LogP contribution in [0.4, 0.5) is 17.2 Å². The van der Waals surface area contributed by atoms with Crippen LogP contribution in [0.1, 0.15) is 48.9 Å². The SMILES string of the molecule is Cc1c(NC(=O)c2cc3c(s2)CCCC3)cccc1-c1cn(C)c(=O)c(Nc2ccc(C(=O)N3CCN(C)CC3)cc2)n1. The third-order valence-electron chi connectivity index (χ3n) is 8.33. The van der Waals surface area contributed by atoms with Gasteiger partial charge in [0.2, 0.25) is 0 Å². The Morgan fingerprint density at radius 1 is 0.953 bits per heavy atom. The molecule has 4 aromatic rings. The molecule has 2 aromatic heterocycles. The number of carbonyl (C=O) groups excluding carboxylic acids is 2. The van der Waals surface area contributed by atoms with E-state index >= 15 is 0 Å². The molecule has 1 aliphatic carbocycles. The van der Waals surface area contributed by atoms with Gasteiger partial charge < -0.3 is 25.0 Å². The minimum Gasteiger partial charge on any atom is -0.336 e. The summed E-state index contributed by atoms with van der Waals surface area (Å²) >= 11 is 1.59. The number of hydrogen-bond donors (Lipinski definition) is 2. The molecule has 1 fully saturated rings. The van der Waals surface area contributed by atoms with Crippen molar-refractivity contribution < 1.29 is 9.59 Å². The van der Waals surface area contributed by atoms with Crippen molar-refractivity contribution in [3.8, 4) is 11.3 Å². The highest BCUT2D eigenvalue weighted by molar-refractivity contribution is 7.14. The minimum absolute atomic E-state index is 0.0109. The summed E-state index contributed by atoms with van der Waals surface area (Å²) in [5.74, 6) is 0.0814. The molecule has 222 valence electrons. The van der Waals surface area contributed by atoms with Crippen LogP contribution in [0.2, 0.25) is 0 Å². The Bertz CT molecular complexity index is 1710. The van der Waals surface area contributed by atoms with Gasteiger partial charge in [-0.1, -0.05) is 12.1 Å². The maximum atomic E-state index is 13.2. The lowest BCUT2D eigenvalue weighted by Gasteiger charge is -2.32. The molecule has 2 N–H and O–H groups in total. The third-order valence-corrected chi connectivity index (χ3v) is 9.57. The number of piperazine rings is 1. The summed E-state index contributed by atoms with van der Waals surface area (Å²) in [6.45, 7) is 5.09. The van der Waals surface area contributed by atoms with Crippen molar-refractivity contribution in [1.29, 1.82) is 0 Å². The highest BCUT2D eigenvalue weighted by Gasteiger charge is 2.21. The Morgan fingerprint density at radius 2 is 1.70 bits per heavy atom. The van der Waals surface area contributed by atoms with Gasteiger partial charge in [0, 0.05) is 66.8 Å². The monoisotopic (exact) mass is 596 g/mol. The Labute approximate surface area is 255 Å². The first-order chi connectivity index (χ1) is 20.8. The number of carbonyl (C=O) groups is 2. The average molecular weight is 597 g/mol. The van der Waals surface area contributed by atoms with Crippen LogP contribution in [0.25, 0.3) is 11.3 Å². The van der Waals surface area contributed by atoms with E-state index in [9.17, 15) is 14.4 Å². The molecule has 10 heteroatoms. The zero-order chi connectivity index (χ0) is 30.1. The second-order valence-electron chi connectivity index (χ2n) is 11.4. The predicted molar refractivity (Wildman–Crippen MR) is 172 cm³/mol. The Balaban J connectivity index is 1.20. The standard InChI is InChI=1S/C33H36N6O3S/c1-21-25(8-6-9-26(21)36-31(40)29-19-23-7-4-5-10-28(23)43-29)27-20-38(3)33(42)30(35-27)34-24-13-11-22(12-14-24)32(41)39-17-15-37(2)16-18-39/h6,8-9,11-14,19-20H,4-5,7,10,15-18H2,1-3H3,(H,34,35)(H,36,40). The van der Waals surface area contributed by atoms with E-state index in [0.717, 1.165) is 41.9 Å². The molecule has 6 rings (SSSR count). The van der Waals surface area contributed by atoms with Crippen molar-refractivity contribution >= 4 is 40.3 Å². The molecule has 0 bridgehead atoms. The van der Waals surface area contributed by atoms with Gasteiger partial charge in [-0.2, -0.15) is 0 Å². The van der Waals surface area contributed by atoms with E-state index < -0.39 is 0 Å². The van der Waals surface area contributed by atoms with Crippen molar-refractivity contribution in [3.63, 3.8) is 0 Å². The molecule has 0 radical (unpaired) electrons. The minimum atomic E-state index is -0.273. The molecule has 3 heterocycles. The van der Waals surface area contributed by atoms with Gasteiger partial charge in [-0.3, -0.25) is 14.4 Å². The van der Waals surface area contributed by atoms with Crippen molar-refractivity contribution in [2.75, 3.05) is 43.9 Å². The van der Waals surface area contributed by atoms with Gasteiger partial charge in [0.05, 0.1) is 10.6 Å². The maximum absolute atomic E-state index is 13.2. The second-order valence-corrected chi connectivity index (χ2v) is 12.5. The quantitative estimate of drug-likeness (QED) is 0.322. The molecule has 0 unspecified atom stereocenters. The van der Waals surface area contributed by atoms with E-state index in [1.165, 1.54) is 27.8 Å². The zero-order valence-corrected chi connectivity index (χ0v) is 25.6. The first kappa shape index (κ1) is 28.8. The number of rotatable bonds is 6. The number of likely N-dealkylation sites (N-methyl/N-ethyl adjacent to an activating group) is 1. The summed E-state index contributed by atoms with van der Waals surface area (Å²) < 4.78 is 1.50. The molecular formula is C33H36N6O3S. The average Bonchev–Trinajstić information content (AvgIpc) is 3.46. The second kappa shape index (κ2) is 12.1. The molecule has 9 nitrogen and oxygen atoms in total. The van der Waals surface area contributed by atoms with Crippen LogP contribution >= 0.6 is 11.3 Å². The summed E-state index contributed by atoms with van der Waals surface area (Å²) in [5, 5.41) is 6.23. The number of amides is 2. The number of benzene rings is 2. The van der Waals surface area contributed by atoms with Crippen LogP contribution < -0.4 is 16.2 Å². The number of aryl methyl sites for hydroxylation is 3. The van der Waals surface area contributed by atoms with Gasteiger partial charge in [-0.15, -0.1) is 11.3 Å². The first-order valence-electron chi connectivity index (χ1n) is 14.7. The molecule has 1 aliphatic heterocycles. The van der Waals surface area contributed by atoms with Crippen LogP contribution in [-0.4, -0.2) is 64.4 Å². The lowest BCUT2D eigenvalue weighted by atomic mass is 9.99. The van der Waals surface area contributed by atoms with Crippen molar-refractivity contribution in [1.82, 2.24) is 19.4 Å². The number of hydrogen-bond acceptors (Lipinski definition) is 7. The molecule has 2 aromatic carbocycles. The lowest BCUT2D eigenvalue weighted by Crippen LogP contribution is -2.47. The smallest absolute Gasteiger partial charge is 0.293 e. The molecule has 43 heavy (non-hydrogen) atoms. The number of nitrogens with zero attached hydrogens (tertiary/aromatic N) is 4. The van der Waals surface area contributed by atoms with Crippen molar-refractivity contribution in [3.05, 3.63) is 91.5 Å². The van der Waals surface area contributed by atoms with Gasteiger partial charge in [0.25, 0.3) is 17.4 Å². The Hall–Kier alpha value is -4.28. The largest absolute Gasteiger partial charge is 0.336 e. The Kier molecular flexibility index (Phi) is 8.14. The maximum Gasteiger partial charge on any atom is 0.293 e. The van der Waals surface area contributed by atoms with Crippen LogP contribution in [0, 0.1) is 6.92 Å². The molecule has 0 saturated carbocycles. The van der Waals surface area contributed by atoms with Crippen LogP contribution in [0.3, 0.4) is 0 Å². The fourth-order valence-corrected chi connectivity index (χ4v) is 6.83. The number of anilines is 3. The number of nitrogens with one attached hydrogen (secondary N) is 2. The summed E-state index contributed by atoms with van der Waals surface area (Å²) in [6.07, 6.45) is 6.15. The van der Waals surface area contributed by atoms with Crippen LogP contribution in [0.5, 0.6) is 0 Å². The summed E-state index contributed by atoms with van der Waals surface area (Å²) in [4.78, 5) is 49.9. The van der Waals surface area contributed by atoms with Gasteiger partial charge >= 0.3 is 0 Å². The van der Waals surface area contributed by atoms with Crippen LogP contribution in [0.15, 0.2) is 59.5 Å². The number of thiophene rings is 1. The van der Waals surface area contributed by atoms with E-state index in [2.05, 4.69) is 27.6 Å². The van der Waals surface area contributed by atoms with Gasteiger partial charge in [-0.25, -0.2) is 4.98 Å². The molecule has 1 saturated heterocycles. The molecular weight excluding hydrogens is 560 g/mol. The first-order valence-corrected chi connectivity index (χ1v) is 15.5. The summed E-state index contributed by atoms with van der Waals surface area (Å²) in [5.41, 5.74) is 5.29. The van der Waals surface area contributed by atoms with Crippen LogP contribution in [-0.2, 0) is 19.9 Å². The predicted octanol–water partition coefficient (Wildman–Crippen LogP) is 5.08. The summed E-state index contributed by atoms with van der Waals surface area (Å²) in [6, 6.07) is 14.9. The molecule has 0 spiro atoms. The van der Waals surface area contributed by atoms with Crippen molar-refractivity contribution in [2.24, 2.45) is 7.05 Å². The van der Waals surface area contributed by atoms with E-state index in [0.29, 0.717) is 35.7 Å². The van der Waals surface area contributed by atoms with E-state index in [-0.39, 0.29) is 23.2 Å². The highest BCUT2D eigenvalue weighted by Crippen LogP contribution is 2.32. The van der Waals surface area contributed by atoms with Crippen molar-refractivity contribution in [2.45, 2.75) is 32.6 Å². The molecule has 2 amide bonds. The lowest BCUT2D eigenvalue weighted by molar-refractivity contribution is 0.0664.